The minimum atomic E-state index is -0.521. The van der Waals surface area contributed by atoms with Crippen LogP contribution in [0.1, 0.15) is 51.7 Å². The Bertz CT molecular complexity index is 580. The number of carbonyl (C=O) groups excluding carboxylic acids is 1. The van der Waals surface area contributed by atoms with E-state index in [4.69, 9.17) is 4.74 Å². The van der Waals surface area contributed by atoms with Crippen molar-refractivity contribution in [3.63, 3.8) is 0 Å². The molecule has 2 aliphatic carbocycles. The third-order valence-electron chi connectivity index (χ3n) is 7.14. The van der Waals surface area contributed by atoms with Crippen LogP contribution in [0.2, 0.25) is 0 Å². The van der Waals surface area contributed by atoms with Gasteiger partial charge in [0.15, 0.2) is 0 Å². The first-order valence-electron chi connectivity index (χ1n) is 8.64. The fourth-order valence-electron chi connectivity index (χ4n) is 5.50. The van der Waals surface area contributed by atoms with E-state index < -0.39 is 6.10 Å². The summed E-state index contributed by atoms with van der Waals surface area (Å²) in [6.07, 6.45) is 2.33. The third-order valence-corrected chi connectivity index (χ3v) is 7.14. The van der Waals surface area contributed by atoms with E-state index in [-0.39, 0.29) is 28.6 Å². The molecule has 3 rings (SSSR count). The van der Waals surface area contributed by atoms with Crippen molar-refractivity contribution in [2.45, 2.75) is 46.1 Å². The molecule has 2 saturated carbocycles. The van der Waals surface area contributed by atoms with E-state index in [0.717, 1.165) is 18.4 Å². The Hall–Kier alpha value is -1.35. The maximum absolute atomic E-state index is 12.5. The van der Waals surface area contributed by atoms with Crippen molar-refractivity contribution in [2.75, 3.05) is 7.11 Å². The third kappa shape index (κ3) is 2.32. The standard InChI is InChI=1S/C20H28O3/c1-19(2)15-10-11-20(19,3)17(18(22)23-4)14(15)12-16(21)13-8-6-5-7-9-13/h5-9,14-17,21H,10-12H2,1-4H3/t14-,15+,16+,17-,20+/m0/s1. The Morgan fingerprint density at radius 2 is 1.96 bits per heavy atom. The normalized spacial score (nSPS) is 36.0. The van der Waals surface area contributed by atoms with Crippen molar-refractivity contribution in [1.82, 2.24) is 0 Å². The summed E-state index contributed by atoms with van der Waals surface area (Å²) in [4.78, 5) is 12.5. The summed E-state index contributed by atoms with van der Waals surface area (Å²) in [5, 5.41) is 10.7. The van der Waals surface area contributed by atoms with Crippen molar-refractivity contribution < 1.29 is 14.6 Å². The lowest BCUT2D eigenvalue weighted by Gasteiger charge is -2.38. The van der Waals surface area contributed by atoms with E-state index in [9.17, 15) is 9.90 Å². The number of fused-ring (bicyclic) bond motifs is 2. The van der Waals surface area contributed by atoms with Gasteiger partial charge in [0.25, 0.3) is 0 Å². The lowest BCUT2D eigenvalue weighted by molar-refractivity contribution is -0.153. The molecule has 0 heterocycles. The Balaban J connectivity index is 1.90. The van der Waals surface area contributed by atoms with E-state index in [1.54, 1.807) is 0 Å². The van der Waals surface area contributed by atoms with Crippen LogP contribution in [-0.4, -0.2) is 18.2 Å². The van der Waals surface area contributed by atoms with Gasteiger partial charge in [0.05, 0.1) is 19.1 Å². The molecule has 1 aromatic carbocycles. The molecule has 3 nitrogen and oxygen atoms in total. The molecule has 0 aromatic heterocycles. The number of methoxy groups -OCH3 is 1. The minimum absolute atomic E-state index is 0.0359. The molecule has 5 atom stereocenters. The number of hydrogen-bond donors (Lipinski definition) is 1. The molecule has 126 valence electrons. The van der Waals surface area contributed by atoms with Gasteiger partial charge in [0.1, 0.15) is 0 Å². The van der Waals surface area contributed by atoms with Crippen molar-refractivity contribution in [3.05, 3.63) is 35.9 Å². The highest BCUT2D eigenvalue weighted by Gasteiger charge is 2.68. The SMILES string of the molecule is COC(=O)[C@@H]1[C@@H](C[C@@H](O)c2ccccc2)[C@H]2CC[C@@]1(C)C2(C)C. The molecule has 0 spiro atoms. The van der Waals surface area contributed by atoms with Gasteiger partial charge in [-0.1, -0.05) is 51.1 Å². The summed E-state index contributed by atoms with van der Waals surface area (Å²) in [7, 11) is 1.48. The zero-order chi connectivity index (χ0) is 16.8. The summed E-state index contributed by atoms with van der Waals surface area (Å²) in [6, 6.07) is 9.76. The van der Waals surface area contributed by atoms with Crippen LogP contribution in [0.4, 0.5) is 0 Å². The zero-order valence-corrected chi connectivity index (χ0v) is 14.6. The smallest absolute Gasteiger partial charge is 0.309 e. The molecule has 2 bridgehead atoms. The first-order chi connectivity index (χ1) is 10.8. The van der Waals surface area contributed by atoms with Gasteiger partial charge >= 0.3 is 5.97 Å². The van der Waals surface area contributed by atoms with Crippen LogP contribution >= 0.6 is 0 Å². The van der Waals surface area contributed by atoms with Crippen LogP contribution in [0.5, 0.6) is 0 Å². The number of hydrogen-bond acceptors (Lipinski definition) is 3. The van der Waals surface area contributed by atoms with Gasteiger partial charge in [-0.3, -0.25) is 4.79 Å². The van der Waals surface area contributed by atoms with E-state index in [1.807, 2.05) is 30.3 Å². The molecular formula is C20H28O3. The number of carbonyl (C=O) groups is 1. The molecule has 1 N–H and O–H groups in total. The highest BCUT2D eigenvalue weighted by atomic mass is 16.5. The number of esters is 1. The largest absolute Gasteiger partial charge is 0.469 e. The van der Waals surface area contributed by atoms with E-state index in [1.165, 1.54) is 7.11 Å². The molecule has 0 unspecified atom stereocenters. The zero-order valence-electron chi connectivity index (χ0n) is 14.6. The Kier molecular flexibility index (Phi) is 4.04. The molecule has 2 aliphatic rings. The van der Waals surface area contributed by atoms with Crippen LogP contribution in [0, 0.1) is 28.6 Å². The molecular weight excluding hydrogens is 288 g/mol. The summed E-state index contributed by atoms with van der Waals surface area (Å²) >= 11 is 0. The molecule has 0 saturated heterocycles. The topological polar surface area (TPSA) is 46.5 Å². The Morgan fingerprint density at radius 1 is 1.30 bits per heavy atom. The lowest BCUT2D eigenvalue weighted by Crippen LogP contribution is -2.39. The summed E-state index contributed by atoms with van der Waals surface area (Å²) in [5.41, 5.74) is 1.00. The molecule has 1 aromatic rings. The maximum atomic E-state index is 12.5. The average Bonchev–Trinajstić information content (AvgIpc) is 2.86. The van der Waals surface area contributed by atoms with Crippen molar-refractivity contribution in [2.24, 2.45) is 28.6 Å². The lowest BCUT2D eigenvalue weighted by atomic mass is 9.65. The van der Waals surface area contributed by atoms with Crippen LogP contribution < -0.4 is 0 Å². The number of ether oxygens (including phenoxy) is 1. The minimum Gasteiger partial charge on any atom is -0.469 e. The van der Waals surface area contributed by atoms with Crippen molar-refractivity contribution in [3.8, 4) is 0 Å². The quantitative estimate of drug-likeness (QED) is 0.855. The number of aliphatic hydroxyl groups excluding tert-OH is 1. The van der Waals surface area contributed by atoms with Gasteiger partial charge in [-0.2, -0.15) is 0 Å². The number of rotatable bonds is 4. The Morgan fingerprint density at radius 3 is 2.57 bits per heavy atom. The molecule has 3 heteroatoms. The maximum Gasteiger partial charge on any atom is 0.309 e. The highest BCUT2D eigenvalue weighted by molar-refractivity contribution is 5.75. The predicted octanol–water partition coefficient (Wildman–Crippen LogP) is 3.97. The van der Waals surface area contributed by atoms with Gasteiger partial charge in [-0.15, -0.1) is 0 Å². The summed E-state index contributed by atoms with van der Waals surface area (Å²) in [6.45, 7) is 6.81. The average molecular weight is 316 g/mol. The van der Waals surface area contributed by atoms with Gasteiger partial charge < -0.3 is 9.84 Å². The first kappa shape index (κ1) is 16.5. The van der Waals surface area contributed by atoms with Gasteiger partial charge in [-0.05, 0) is 47.5 Å². The summed E-state index contributed by atoms with van der Waals surface area (Å²) < 4.78 is 5.14. The molecule has 2 fully saturated rings. The summed E-state index contributed by atoms with van der Waals surface area (Å²) in [5.74, 6) is 0.439. The predicted molar refractivity (Wildman–Crippen MR) is 89.6 cm³/mol. The van der Waals surface area contributed by atoms with Gasteiger partial charge in [0, 0.05) is 0 Å². The second kappa shape index (κ2) is 5.62. The van der Waals surface area contributed by atoms with Crippen molar-refractivity contribution >= 4 is 5.97 Å². The monoisotopic (exact) mass is 316 g/mol. The number of benzene rings is 1. The van der Waals surface area contributed by atoms with Crippen LogP contribution in [-0.2, 0) is 9.53 Å². The molecule has 0 radical (unpaired) electrons. The fourth-order valence-corrected chi connectivity index (χ4v) is 5.50. The fraction of sp³-hybridized carbons (Fsp3) is 0.650. The second-order valence-corrected chi connectivity index (χ2v) is 8.11. The van der Waals surface area contributed by atoms with Crippen LogP contribution in [0.15, 0.2) is 30.3 Å². The molecule has 0 aliphatic heterocycles. The Labute approximate surface area is 139 Å². The van der Waals surface area contributed by atoms with Crippen LogP contribution in [0.25, 0.3) is 0 Å². The van der Waals surface area contributed by atoms with E-state index in [2.05, 4.69) is 20.8 Å². The number of aliphatic hydroxyl groups is 1. The second-order valence-electron chi connectivity index (χ2n) is 8.11. The van der Waals surface area contributed by atoms with Gasteiger partial charge in [-0.25, -0.2) is 0 Å². The van der Waals surface area contributed by atoms with Crippen molar-refractivity contribution in [1.29, 1.82) is 0 Å². The highest BCUT2D eigenvalue weighted by Crippen LogP contribution is 2.71. The first-order valence-corrected chi connectivity index (χ1v) is 8.64. The molecule has 23 heavy (non-hydrogen) atoms. The van der Waals surface area contributed by atoms with Crippen LogP contribution in [0.3, 0.4) is 0 Å². The van der Waals surface area contributed by atoms with E-state index in [0.29, 0.717) is 12.3 Å². The van der Waals surface area contributed by atoms with Gasteiger partial charge in [0.2, 0.25) is 0 Å². The molecule has 0 amide bonds. The van der Waals surface area contributed by atoms with E-state index >= 15 is 0 Å².